The Hall–Kier alpha value is -0.530. The third-order valence-corrected chi connectivity index (χ3v) is 4.40. The summed E-state index contributed by atoms with van der Waals surface area (Å²) in [6.07, 6.45) is 6.30. The first-order valence-corrected chi connectivity index (χ1v) is 7.07. The van der Waals surface area contributed by atoms with Gasteiger partial charge in [0.15, 0.2) is 0 Å². The lowest BCUT2D eigenvalue weighted by Gasteiger charge is -2.19. The van der Waals surface area contributed by atoms with E-state index in [2.05, 4.69) is 19.1 Å². The third-order valence-electron chi connectivity index (χ3n) is 4.15. The molecule has 2 N–H and O–H groups in total. The molecule has 0 aliphatic heterocycles. The van der Waals surface area contributed by atoms with Gasteiger partial charge in [-0.1, -0.05) is 43.5 Å². The molecule has 0 heterocycles. The van der Waals surface area contributed by atoms with Gasteiger partial charge in [-0.15, -0.1) is 0 Å². The second-order valence-electron chi connectivity index (χ2n) is 5.34. The zero-order chi connectivity index (χ0) is 12.3. The van der Waals surface area contributed by atoms with Crippen LogP contribution in [0.5, 0.6) is 0 Å². The van der Waals surface area contributed by atoms with Crippen molar-refractivity contribution in [3.8, 4) is 0 Å². The van der Waals surface area contributed by atoms with E-state index in [1.165, 1.54) is 31.2 Å². The van der Waals surface area contributed by atoms with Crippen molar-refractivity contribution in [2.45, 2.75) is 45.1 Å². The van der Waals surface area contributed by atoms with Gasteiger partial charge in [-0.2, -0.15) is 0 Å². The summed E-state index contributed by atoms with van der Waals surface area (Å²) in [5.74, 6) is 1.63. The molecule has 1 saturated carbocycles. The molecule has 17 heavy (non-hydrogen) atoms. The number of rotatable bonds is 4. The van der Waals surface area contributed by atoms with E-state index in [0.29, 0.717) is 6.04 Å². The Balaban J connectivity index is 1.89. The molecule has 0 saturated heterocycles. The fourth-order valence-electron chi connectivity index (χ4n) is 2.93. The van der Waals surface area contributed by atoms with Crippen LogP contribution in [0.4, 0.5) is 0 Å². The Morgan fingerprint density at radius 1 is 1.29 bits per heavy atom. The van der Waals surface area contributed by atoms with E-state index in [-0.39, 0.29) is 0 Å². The first-order valence-electron chi connectivity index (χ1n) is 6.69. The van der Waals surface area contributed by atoms with Crippen LogP contribution in [0.3, 0.4) is 0 Å². The van der Waals surface area contributed by atoms with E-state index >= 15 is 0 Å². The SMILES string of the molecule is CCC1CCC(C(N)Cc2ccc(Cl)cc2)C1. The van der Waals surface area contributed by atoms with E-state index in [1.54, 1.807) is 0 Å². The van der Waals surface area contributed by atoms with E-state index in [1.807, 2.05) is 12.1 Å². The topological polar surface area (TPSA) is 26.0 Å². The van der Waals surface area contributed by atoms with Crippen LogP contribution in [0.1, 0.15) is 38.2 Å². The normalized spacial score (nSPS) is 26.1. The van der Waals surface area contributed by atoms with Crippen molar-refractivity contribution in [1.29, 1.82) is 0 Å². The number of halogens is 1. The van der Waals surface area contributed by atoms with Crippen molar-refractivity contribution in [2.24, 2.45) is 17.6 Å². The quantitative estimate of drug-likeness (QED) is 0.859. The Morgan fingerprint density at radius 2 is 2.00 bits per heavy atom. The Labute approximate surface area is 109 Å². The number of hydrogen-bond acceptors (Lipinski definition) is 1. The van der Waals surface area contributed by atoms with Gasteiger partial charge >= 0.3 is 0 Å². The highest BCUT2D eigenvalue weighted by molar-refractivity contribution is 6.30. The van der Waals surface area contributed by atoms with Gasteiger partial charge in [-0.25, -0.2) is 0 Å². The average Bonchev–Trinajstić information content (AvgIpc) is 2.81. The summed E-state index contributed by atoms with van der Waals surface area (Å²) in [6, 6.07) is 8.40. The summed E-state index contributed by atoms with van der Waals surface area (Å²) >= 11 is 5.88. The van der Waals surface area contributed by atoms with Gasteiger partial charge in [0.05, 0.1) is 0 Å². The smallest absolute Gasteiger partial charge is 0.0406 e. The lowest BCUT2D eigenvalue weighted by atomic mass is 9.92. The van der Waals surface area contributed by atoms with Crippen LogP contribution >= 0.6 is 11.6 Å². The summed E-state index contributed by atoms with van der Waals surface area (Å²) in [5.41, 5.74) is 7.64. The molecule has 3 unspecified atom stereocenters. The lowest BCUT2D eigenvalue weighted by molar-refractivity contribution is 0.405. The second-order valence-corrected chi connectivity index (χ2v) is 5.78. The molecule has 1 nitrogen and oxygen atoms in total. The summed E-state index contributed by atoms with van der Waals surface area (Å²) in [7, 11) is 0. The molecule has 1 fully saturated rings. The molecule has 0 amide bonds. The van der Waals surface area contributed by atoms with E-state index in [9.17, 15) is 0 Å². The fraction of sp³-hybridized carbons (Fsp3) is 0.600. The minimum absolute atomic E-state index is 0.313. The van der Waals surface area contributed by atoms with Gasteiger partial charge in [0.25, 0.3) is 0 Å². The minimum Gasteiger partial charge on any atom is -0.327 e. The largest absolute Gasteiger partial charge is 0.327 e. The zero-order valence-electron chi connectivity index (χ0n) is 10.5. The van der Waals surface area contributed by atoms with Gasteiger partial charge in [0, 0.05) is 11.1 Å². The van der Waals surface area contributed by atoms with Crippen molar-refractivity contribution < 1.29 is 0 Å². The van der Waals surface area contributed by atoms with Gasteiger partial charge in [0.1, 0.15) is 0 Å². The highest BCUT2D eigenvalue weighted by Crippen LogP contribution is 2.35. The third kappa shape index (κ3) is 3.46. The van der Waals surface area contributed by atoms with Crippen LogP contribution in [0.25, 0.3) is 0 Å². The predicted molar refractivity (Wildman–Crippen MR) is 74.3 cm³/mol. The van der Waals surface area contributed by atoms with Crippen molar-refractivity contribution >= 4 is 11.6 Å². The van der Waals surface area contributed by atoms with Crippen molar-refractivity contribution in [2.75, 3.05) is 0 Å². The first kappa shape index (κ1) is 12.9. The maximum Gasteiger partial charge on any atom is 0.0406 e. The van der Waals surface area contributed by atoms with Crippen LogP contribution in [-0.2, 0) is 6.42 Å². The van der Waals surface area contributed by atoms with Crippen LogP contribution < -0.4 is 5.73 Å². The van der Waals surface area contributed by atoms with Crippen molar-refractivity contribution in [1.82, 2.24) is 0 Å². The van der Waals surface area contributed by atoms with Gasteiger partial charge < -0.3 is 5.73 Å². The van der Waals surface area contributed by atoms with Crippen molar-refractivity contribution in [3.05, 3.63) is 34.9 Å². The number of nitrogens with two attached hydrogens (primary N) is 1. The van der Waals surface area contributed by atoms with Crippen LogP contribution in [0.2, 0.25) is 5.02 Å². The molecule has 0 radical (unpaired) electrons. The molecule has 0 bridgehead atoms. The minimum atomic E-state index is 0.313. The molecule has 2 heteroatoms. The van der Waals surface area contributed by atoms with Gasteiger partial charge in [-0.05, 0) is 48.8 Å². The number of hydrogen-bond donors (Lipinski definition) is 1. The molecule has 3 atom stereocenters. The molecule has 1 aliphatic rings. The summed E-state index contributed by atoms with van der Waals surface area (Å²) < 4.78 is 0. The second kappa shape index (κ2) is 5.88. The van der Waals surface area contributed by atoms with Gasteiger partial charge in [-0.3, -0.25) is 0 Å². The van der Waals surface area contributed by atoms with Crippen LogP contribution in [-0.4, -0.2) is 6.04 Å². The molecule has 0 spiro atoms. The maximum absolute atomic E-state index is 6.33. The lowest BCUT2D eigenvalue weighted by Crippen LogP contribution is -2.30. The Morgan fingerprint density at radius 3 is 2.59 bits per heavy atom. The van der Waals surface area contributed by atoms with Crippen LogP contribution in [0.15, 0.2) is 24.3 Å². The van der Waals surface area contributed by atoms with E-state index < -0.39 is 0 Å². The molecule has 2 rings (SSSR count). The number of benzene rings is 1. The molecular formula is C15H22ClN. The standard InChI is InChI=1S/C15H22ClN/c1-2-11-3-6-13(9-11)15(17)10-12-4-7-14(16)8-5-12/h4-5,7-8,11,13,15H,2-3,6,9-10,17H2,1H3. The molecule has 0 aromatic heterocycles. The molecule has 1 aromatic carbocycles. The maximum atomic E-state index is 6.33. The van der Waals surface area contributed by atoms with E-state index in [0.717, 1.165) is 23.3 Å². The predicted octanol–water partition coefficient (Wildman–Crippen LogP) is 4.04. The Bertz CT molecular complexity index is 346. The monoisotopic (exact) mass is 251 g/mol. The van der Waals surface area contributed by atoms with Crippen molar-refractivity contribution in [3.63, 3.8) is 0 Å². The highest BCUT2D eigenvalue weighted by atomic mass is 35.5. The van der Waals surface area contributed by atoms with E-state index in [4.69, 9.17) is 17.3 Å². The molecule has 1 aromatic rings. The molecule has 94 valence electrons. The van der Waals surface area contributed by atoms with Gasteiger partial charge in [0.2, 0.25) is 0 Å². The summed E-state index contributed by atoms with van der Waals surface area (Å²) in [4.78, 5) is 0. The average molecular weight is 252 g/mol. The summed E-state index contributed by atoms with van der Waals surface area (Å²) in [6.45, 7) is 2.29. The molecule has 1 aliphatic carbocycles. The fourth-order valence-corrected chi connectivity index (χ4v) is 3.06. The summed E-state index contributed by atoms with van der Waals surface area (Å²) in [5, 5.41) is 0.800. The first-order chi connectivity index (χ1) is 8.19. The zero-order valence-corrected chi connectivity index (χ0v) is 11.3. The molecular weight excluding hydrogens is 230 g/mol. The highest BCUT2D eigenvalue weighted by Gasteiger charge is 2.27. The van der Waals surface area contributed by atoms with Crippen LogP contribution in [0, 0.1) is 11.8 Å². The Kier molecular flexibility index (Phi) is 4.47.